The maximum atomic E-state index is 8.97. The minimum atomic E-state index is 0.150. The third-order valence-corrected chi connectivity index (χ3v) is 1.42. The van der Waals surface area contributed by atoms with E-state index in [1.165, 1.54) is 0 Å². The lowest BCUT2D eigenvalue weighted by molar-refractivity contribution is 0.475. The highest BCUT2D eigenvalue weighted by Gasteiger charge is 1.94. The molecule has 0 bridgehead atoms. The first-order valence-corrected chi connectivity index (χ1v) is 4.03. The van der Waals surface area contributed by atoms with E-state index in [-0.39, 0.29) is 5.75 Å². The molecule has 1 N–H and O–H groups in total. The summed E-state index contributed by atoms with van der Waals surface area (Å²) < 4.78 is 0. The van der Waals surface area contributed by atoms with Gasteiger partial charge in [-0.15, -0.1) is 0 Å². The standard InChI is InChI=1S/C7H7ClO.C2H6/c1-5-2-3-6(8)7(9)4-5;1-2/h2-4,9H,1H3;1-2H3. The van der Waals surface area contributed by atoms with Crippen LogP contribution < -0.4 is 0 Å². The van der Waals surface area contributed by atoms with Gasteiger partial charge in [-0.2, -0.15) is 0 Å². The number of hydrogen-bond acceptors (Lipinski definition) is 1. The van der Waals surface area contributed by atoms with Gasteiger partial charge in [0.15, 0.2) is 0 Å². The molecule has 0 aliphatic heterocycles. The summed E-state index contributed by atoms with van der Waals surface area (Å²) in [4.78, 5) is 0. The predicted octanol–water partition coefficient (Wildman–Crippen LogP) is 3.38. The molecule has 1 nitrogen and oxygen atoms in total. The van der Waals surface area contributed by atoms with Crippen LogP contribution in [0.25, 0.3) is 0 Å². The van der Waals surface area contributed by atoms with E-state index < -0.39 is 0 Å². The Labute approximate surface area is 72.6 Å². The Hall–Kier alpha value is -0.690. The van der Waals surface area contributed by atoms with Crippen molar-refractivity contribution in [1.29, 1.82) is 0 Å². The molecule has 0 aromatic heterocycles. The average molecular weight is 173 g/mol. The summed E-state index contributed by atoms with van der Waals surface area (Å²) in [6, 6.07) is 5.15. The predicted molar refractivity (Wildman–Crippen MR) is 49.2 cm³/mol. The molecular formula is C9H13ClO. The van der Waals surface area contributed by atoms with Gasteiger partial charge in [0.2, 0.25) is 0 Å². The van der Waals surface area contributed by atoms with Crippen LogP contribution in [0.2, 0.25) is 5.02 Å². The summed E-state index contributed by atoms with van der Waals surface area (Å²) in [5, 5.41) is 9.37. The normalized spacial score (nSPS) is 8.36. The van der Waals surface area contributed by atoms with Crippen molar-refractivity contribution < 1.29 is 5.11 Å². The first-order chi connectivity index (χ1) is 5.20. The second-order valence-corrected chi connectivity index (χ2v) is 2.36. The van der Waals surface area contributed by atoms with Gasteiger partial charge in [-0.05, 0) is 24.6 Å². The Morgan fingerprint density at radius 2 is 1.82 bits per heavy atom. The zero-order valence-electron chi connectivity index (χ0n) is 7.06. The summed E-state index contributed by atoms with van der Waals surface area (Å²) in [7, 11) is 0. The van der Waals surface area contributed by atoms with Crippen molar-refractivity contribution in [2.75, 3.05) is 0 Å². The monoisotopic (exact) mass is 172 g/mol. The molecule has 1 rings (SSSR count). The van der Waals surface area contributed by atoms with Gasteiger partial charge < -0.3 is 5.11 Å². The minimum Gasteiger partial charge on any atom is -0.506 e. The summed E-state index contributed by atoms with van der Waals surface area (Å²) in [6.45, 7) is 5.90. The van der Waals surface area contributed by atoms with Gasteiger partial charge in [0.1, 0.15) is 5.75 Å². The van der Waals surface area contributed by atoms with E-state index in [0.29, 0.717) is 5.02 Å². The van der Waals surface area contributed by atoms with Crippen molar-refractivity contribution in [2.45, 2.75) is 20.8 Å². The lowest BCUT2D eigenvalue weighted by Crippen LogP contribution is -1.70. The largest absolute Gasteiger partial charge is 0.506 e. The number of aromatic hydroxyl groups is 1. The first-order valence-electron chi connectivity index (χ1n) is 3.65. The highest BCUT2D eigenvalue weighted by Crippen LogP contribution is 2.22. The van der Waals surface area contributed by atoms with Crippen molar-refractivity contribution in [3.8, 4) is 5.75 Å². The maximum absolute atomic E-state index is 8.97. The van der Waals surface area contributed by atoms with Gasteiger partial charge >= 0.3 is 0 Å². The van der Waals surface area contributed by atoms with Crippen molar-refractivity contribution in [2.24, 2.45) is 0 Å². The van der Waals surface area contributed by atoms with E-state index in [0.717, 1.165) is 5.56 Å². The molecule has 1 aromatic carbocycles. The second kappa shape index (κ2) is 5.03. The first kappa shape index (κ1) is 10.3. The van der Waals surface area contributed by atoms with E-state index >= 15 is 0 Å². The molecule has 11 heavy (non-hydrogen) atoms. The molecule has 0 radical (unpaired) electrons. The van der Waals surface area contributed by atoms with Gasteiger partial charge in [0.05, 0.1) is 5.02 Å². The smallest absolute Gasteiger partial charge is 0.134 e. The van der Waals surface area contributed by atoms with Crippen LogP contribution in [0.15, 0.2) is 18.2 Å². The fourth-order valence-electron chi connectivity index (χ4n) is 0.623. The number of phenols is 1. The van der Waals surface area contributed by atoms with E-state index in [4.69, 9.17) is 16.7 Å². The Bertz CT molecular complexity index is 221. The van der Waals surface area contributed by atoms with Crippen LogP contribution in [0, 0.1) is 6.92 Å². The molecule has 0 amide bonds. The topological polar surface area (TPSA) is 20.2 Å². The zero-order valence-corrected chi connectivity index (χ0v) is 7.81. The van der Waals surface area contributed by atoms with Crippen LogP contribution in [0.3, 0.4) is 0 Å². The molecule has 0 atom stereocenters. The van der Waals surface area contributed by atoms with Crippen molar-refractivity contribution in [3.05, 3.63) is 28.8 Å². The Morgan fingerprint density at radius 3 is 2.18 bits per heavy atom. The molecule has 0 aliphatic rings. The number of rotatable bonds is 0. The summed E-state index contributed by atoms with van der Waals surface area (Å²) in [6.07, 6.45) is 0. The molecule has 0 aliphatic carbocycles. The highest BCUT2D eigenvalue weighted by atomic mass is 35.5. The number of hydrogen-bond donors (Lipinski definition) is 1. The third kappa shape index (κ3) is 3.28. The molecule has 0 saturated carbocycles. The fourth-order valence-corrected chi connectivity index (χ4v) is 0.740. The van der Waals surface area contributed by atoms with Crippen LogP contribution in [0.5, 0.6) is 5.75 Å². The van der Waals surface area contributed by atoms with Gasteiger partial charge in [0.25, 0.3) is 0 Å². The molecular weight excluding hydrogens is 160 g/mol. The van der Waals surface area contributed by atoms with Gasteiger partial charge in [-0.25, -0.2) is 0 Å². The fraction of sp³-hybridized carbons (Fsp3) is 0.333. The summed E-state index contributed by atoms with van der Waals surface area (Å²) in [5.74, 6) is 0.150. The SMILES string of the molecule is CC.Cc1ccc(Cl)c(O)c1. The maximum Gasteiger partial charge on any atom is 0.134 e. The molecule has 1 aromatic rings. The Morgan fingerprint density at radius 1 is 1.27 bits per heavy atom. The van der Waals surface area contributed by atoms with E-state index in [1.807, 2.05) is 26.8 Å². The molecule has 62 valence electrons. The average Bonchev–Trinajstić information content (AvgIpc) is 2.02. The minimum absolute atomic E-state index is 0.150. The van der Waals surface area contributed by atoms with E-state index in [9.17, 15) is 0 Å². The van der Waals surface area contributed by atoms with Crippen molar-refractivity contribution in [3.63, 3.8) is 0 Å². The lowest BCUT2D eigenvalue weighted by Gasteiger charge is -1.95. The van der Waals surface area contributed by atoms with Crippen LogP contribution in [-0.4, -0.2) is 5.11 Å². The van der Waals surface area contributed by atoms with Crippen molar-refractivity contribution >= 4 is 11.6 Å². The third-order valence-electron chi connectivity index (χ3n) is 1.10. The molecule has 2 heteroatoms. The molecule has 0 saturated heterocycles. The highest BCUT2D eigenvalue weighted by molar-refractivity contribution is 6.31. The summed E-state index contributed by atoms with van der Waals surface area (Å²) in [5.41, 5.74) is 1.01. The second-order valence-electron chi connectivity index (χ2n) is 1.95. The van der Waals surface area contributed by atoms with Crippen LogP contribution in [0.1, 0.15) is 19.4 Å². The number of phenolic OH excluding ortho intramolecular Hbond substituents is 1. The Kier molecular flexibility index (Phi) is 4.71. The Balaban J connectivity index is 0.000000461. The number of aryl methyl sites for hydroxylation is 1. The zero-order chi connectivity index (χ0) is 8.85. The molecule has 0 fully saturated rings. The number of halogens is 1. The van der Waals surface area contributed by atoms with Crippen molar-refractivity contribution in [1.82, 2.24) is 0 Å². The number of benzene rings is 1. The van der Waals surface area contributed by atoms with Crippen LogP contribution in [-0.2, 0) is 0 Å². The van der Waals surface area contributed by atoms with Gasteiger partial charge in [0, 0.05) is 0 Å². The van der Waals surface area contributed by atoms with Gasteiger partial charge in [-0.1, -0.05) is 31.5 Å². The van der Waals surface area contributed by atoms with Crippen LogP contribution >= 0.6 is 11.6 Å². The van der Waals surface area contributed by atoms with E-state index in [1.54, 1.807) is 12.1 Å². The summed E-state index contributed by atoms with van der Waals surface area (Å²) >= 11 is 5.53. The van der Waals surface area contributed by atoms with Crippen LogP contribution in [0.4, 0.5) is 0 Å². The lowest BCUT2D eigenvalue weighted by atomic mass is 10.2. The van der Waals surface area contributed by atoms with E-state index in [2.05, 4.69) is 0 Å². The molecule has 0 unspecified atom stereocenters. The van der Waals surface area contributed by atoms with Gasteiger partial charge in [-0.3, -0.25) is 0 Å². The quantitative estimate of drug-likeness (QED) is 0.636. The molecule has 0 heterocycles. The molecule has 0 spiro atoms.